The second kappa shape index (κ2) is 5.04. The summed E-state index contributed by atoms with van der Waals surface area (Å²) >= 11 is 2.02. The molecule has 1 aliphatic heterocycles. The Morgan fingerprint density at radius 1 is 1.42 bits per heavy atom. The lowest BCUT2D eigenvalue weighted by Gasteiger charge is -2.22. The molecule has 0 amide bonds. The van der Waals surface area contributed by atoms with Crippen molar-refractivity contribution in [2.24, 2.45) is 5.92 Å². The molecule has 0 radical (unpaired) electrons. The van der Waals surface area contributed by atoms with Crippen LogP contribution in [0.5, 0.6) is 0 Å². The Morgan fingerprint density at radius 2 is 2.16 bits per heavy atom. The van der Waals surface area contributed by atoms with Crippen molar-refractivity contribution in [2.75, 3.05) is 17.2 Å². The highest BCUT2D eigenvalue weighted by atomic mass is 32.2. The number of fused-ring (bicyclic) bond motifs is 1. The molecule has 1 aromatic carbocycles. The van der Waals surface area contributed by atoms with E-state index in [-0.39, 0.29) is 5.82 Å². The molecule has 5 heteroatoms. The van der Waals surface area contributed by atoms with Gasteiger partial charge in [-0.15, -0.1) is 0 Å². The van der Waals surface area contributed by atoms with Crippen molar-refractivity contribution in [2.45, 2.75) is 26.3 Å². The molecule has 3 rings (SSSR count). The lowest BCUT2D eigenvalue weighted by Crippen LogP contribution is -2.17. The molecule has 0 atom stereocenters. The Hall–Kier alpha value is -1.23. The van der Waals surface area contributed by atoms with Crippen LogP contribution in [0.3, 0.4) is 0 Å². The first-order valence-corrected chi connectivity index (χ1v) is 7.80. The molecule has 0 aliphatic carbocycles. The fourth-order valence-corrected chi connectivity index (χ4v) is 3.85. The molecule has 2 aromatic rings. The van der Waals surface area contributed by atoms with Crippen LogP contribution in [0.2, 0.25) is 0 Å². The van der Waals surface area contributed by atoms with Gasteiger partial charge in [0.05, 0.1) is 11.0 Å². The first-order chi connectivity index (χ1) is 9.15. The number of nitrogen functional groups attached to an aromatic ring is 1. The molecule has 19 heavy (non-hydrogen) atoms. The van der Waals surface area contributed by atoms with E-state index in [1.54, 1.807) is 6.92 Å². The summed E-state index contributed by atoms with van der Waals surface area (Å²) in [5.74, 6) is 3.39. The Morgan fingerprint density at radius 3 is 2.89 bits per heavy atom. The van der Waals surface area contributed by atoms with E-state index in [2.05, 4.69) is 4.98 Å². The van der Waals surface area contributed by atoms with Crippen LogP contribution in [-0.4, -0.2) is 21.1 Å². The first kappa shape index (κ1) is 12.8. The lowest BCUT2D eigenvalue weighted by molar-refractivity contribution is 0.425. The highest BCUT2D eigenvalue weighted by molar-refractivity contribution is 7.99. The molecule has 0 bridgehead atoms. The number of halogens is 1. The number of imidazole rings is 1. The summed E-state index contributed by atoms with van der Waals surface area (Å²) in [5, 5.41) is 0. The maximum atomic E-state index is 13.6. The quantitative estimate of drug-likeness (QED) is 0.918. The van der Waals surface area contributed by atoms with Crippen molar-refractivity contribution in [1.29, 1.82) is 0 Å². The summed E-state index contributed by atoms with van der Waals surface area (Å²) in [6, 6.07) is 3.33. The molecule has 1 aromatic heterocycles. The SMILES string of the molecule is Cc1cc2c(cc1F)nc(N)n2CC1CCSCC1. The highest BCUT2D eigenvalue weighted by Gasteiger charge is 2.18. The van der Waals surface area contributed by atoms with Crippen LogP contribution in [0, 0.1) is 18.7 Å². The number of anilines is 1. The minimum absolute atomic E-state index is 0.216. The summed E-state index contributed by atoms with van der Waals surface area (Å²) in [6.45, 7) is 2.67. The molecule has 102 valence electrons. The number of benzene rings is 1. The number of thioether (sulfide) groups is 1. The lowest BCUT2D eigenvalue weighted by atomic mass is 10.0. The van der Waals surface area contributed by atoms with Gasteiger partial charge in [-0.3, -0.25) is 0 Å². The minimum Gasteiger partial charge on any atom is -0.369 e. The molecule has 1 saturated heterocycles. The Bertz CT molecular complexity index is 602. The molecule has 3 nitrogen and oxygen atoms in total. The van der Waals surface area contributed by atoms with E-state index >= 15 is 0 Å². The van der Waals surface area contributed by atoms with E-state index in [1.807, 2.05) is 22.4 Å². The average Bonchev–Trinajstić information content (AvgIpc) is 2.68. The van der Waals surface area contributed by atoms with Crippen molar-refractivity contribution >= 4 is 28.7 Å². The van der Waals surface area contributed by atoms with Crippen LogP contribution in [0.15, 0.2) is 12.1 Å². The number of aryl methyl sites for hydroxylation is 1. The van der Waals surface area contributed by atoms with Gasteiger partial charge in [-0.1, -0.05) is 0 Å². The summed E-state index contributed by atoms with van der Waals surface area (Å²) in [6.07, 6.45) is 2.45. The van der Waals surface area contributed by atoms with E-state index in [9.17, 15) is 4.39 Å². The maximum Gasteiger partial charge on any atom is 0.201 e. The zero-order valence-electron chi connectivity index (χ0n) is 11.0. The van der Waals surface area contributed by atoms with Crippen LogP contribution >= 0.6 is 11.8 Å². The van der Waals surface area contributed by atoms with E-state index < -0.39 is 0 Å². The van der Waals surface area contributed by atoms with E-state index in [0.29, 0.717) is 22.9 Å². The van der Waals surface area contributed by atoms with Crippen molar-refractivity contribution in [3.05, 3.63) is 23.5 Å². The van der Waals surface area contributed by atoms with Crippen LogP contribution < -0.4 is 5.73 Å². The van der Waals surface area contributed by atoms with E-state index in [1.165, 1.54) is 30.4 Å². The summed E-state index contributed by atoms with van der Waals surface area (Å²) in [5.41, 5.74) is 8.25. The minimum atomic E-state index is -0.216. The van der Waals surface area contributed by atoms with Gasteiger partial charge in [0.25, 0.3) is 0 Å². The number of nitrogens with zero attached hydrogens (tertiary/aromatic N) is 2. The average molecular weight is 279 g/mol. The predicted molar refractivity (Wildman–Crippen MR) is 78.9 cm³/mol. The summed E-state index contributed by atoms with van der Waals surface area (Å²) < 4.78 is 15.6. The van der Waals surface area contributed by atoms with Gasteiger partial charge >= 0.3 is 0 Å². The number of hydrogen-bond donors (Lipinski definition) is 1. The van der Waals surface area contributed by atoms with Crippen molar-refractivity contribution < 1.29 is 4.39 Å². The largest absolute Gasteiger partial charge is 0.369 e. The van der Waals surface area contributed by atoms with Gasteiger partial charge < -0.3 is 10.3 Å². The molecular formula is C14H18FN3S. The third kappa shape index (κ3) is 2.43. The van der Waals surface area contributed by atoms with E-state index in [0.717, 1.165) is 12.1 Å². The van der Waals surface area contributed by atoms with E-state index in [4.69, 9.17) is 5.73 Å². The third-order valence-corrected chi connectivity index (χ3v) is 4.89. The van der Waals surface area contributed by atoms with Crippen LogP contribution in [0.4, 0.5) is 10.3 Å². The number of aromatic nitrogens is 2. The fourth-order valence-electron chi connectivity index (χ4n) is 2.65. The van der Waals surface area contributed by atoms with Gasteiger partial charge in [-0.2, -0.15) is 11.8 Å². The highest BCUT2D eigenvalue weighted by Crippen LogP contribution is 2.28. The molecule has 1 fully saturated rings. The first-order valence-electron chi connectivity index (χ1n) is 6.65. The monoisotopic (exact) mass is 279 g/mol. The van der Waals surface area contributed by atoms with Crippen molar-refractivity contribution in [3.63, 3.8) is 0 Å². The van der Waals surface area contributed by atoms with Gasteiger partial charge in [0.2, 0.25) is 5.95 Å². The molecule has 2 N–H and O–H groups in total. The topological polar surface area (TPSA) is 43.8 Å². The van der Waals surface area contributed by atoms with Gasteiger partial charge in [0, 0.05) is 12.6 Å². The molecule has 0 spiro atoms. The third-order valence-electron chi connectivity index (χ3n) is 3.84. The standard InChI is InChI=1S/C14H18FN3S/c1-9-6-13-12(7-11(9)15)17-14(16)18(13)8-10-2-4-19-5-3-10/h6-7,10H,2-5,8H2,1H3,(H2,16,17). The van der Waals surface area contributed by atoms with Gasteiger partial charge in [0.15, 0.2) is 0 Å². The van der Waals surface area contributed by atoms with Gasteiger partial charge in [0.1, 0.15) is 5.82 Å². The Kier molecular flexibility index (Phi) is 3.39. The van der Waals surface area contributed by atoms with Crippen molar-refractivity contribution in [3.8, 4) is 0 Å². The second-order valence-electron chi connectivity index (χ2n) is 5.23. The van der Waals surface area contributed by atoms with Crippen molar-refractivity contribution in [1.82, 2.24) is 9.55 Å². The summed E-state index contributed by atoms with van der Waals surface area (Å²) in [7, 11) is 0. The maximum absolute atomic E-state index is 13.6. The molecule has 1 aliphatic rings. The zero-order valence-corrected chi connectivity index (χ0v) is 11.8. The second-order valence-corrected chi connectivity index (χ2v) is 6.45. The molecule has 0 unspecified atom stereocenters. The number of hydrogen-bond acceptors (Lipinski definition) is 3. The number of nitrogens with two attached hydrogens (primary N) is 1. The van der Waals surface area contributed by atoms with Gasteiger partial charge in [-0.25, -0.2) is 9.37 Å². The Balaban J connectivity index is 1.97. The summed E-state index contributed by atoms with van der Waals surface area (Å²) in [4.78, 5) is 4.28. The number of rotatable bonds is 2. The molecular weight excluding hydrogens is 261 g/mol. The Labute approximate surface area is 116 Å². The zero-order chi connectivity index (χ0) is 13.4. The van der Waals surface area contributed by atoms with Crippen LogP contribution in [-0.2, 0) is 6.54 Å². The predicted octanol–water partition coefficient (Wildman–Crippen LogP) is 3.21. The fraction of sp³-hybridized carbons (Fsp3) is 0.500. The molecule has 2 heterocycles. The van der Waals surface area contributed by atoms with Crippen LogP contribution in [0.25, 0.3) is 11.0 Å². The molecule has 0 saturated carbocycles. The van der Waals surface area contributed by atoms with Gasteiger partial charge in [-0.05, 0) is 48.8 Å². The smallest absolute Gasteiger partial charge is 0.201 e. The van der Waals surface area contributed by atoms with Crippen LogP contribution in [0.1, 0.15) is 18.4 Å². The normalized spacial score (nSPS) is 17.2.